The van der Waals surface area contributed by atoms with Gasteiger partial charge in [0.25, 0.3) is 0 Å². The molecule has 1 aromatic rings. The molecule has 19 heavy (non-hydrogen) atoms. The second-order valence-corrected chi connectivity index (χ2v) is 5.21. The molecule has 2 atom stereocenters. The van der Waals surface area contributed by atoms with Crippen molar-refractivity contribution in [2.24, 2.45) is 5.73 Å². The first-order valence-electron chi connectivity index (χ1n) is 6.73. The van der Waals surface area contributed by atoms with Gasteiger partial charge in [0.15, 0.2) is 0 Å². The van der Waals surface area contributed by atoms with Crippen molar-refractivity contribution in [3.63, 3.8) is 0 Å². The Morgan fingerprint density at radius 2 is 2.32 bits per heavy atom. The van der Waals surface area contributed by atoms with Crippen LogP contribution in [0.3, 0.4) is 0 Å². The lowest BCUT2D eigenvalue weighted by Gasteiger charge is -2.43. The van der Waals surface area contributed by atoms with Crippen LogP contribution in [0.4, 0.5) is 0 Å². The highest BCUT2D eigenvalue weighted by Crippen LogP contribution is 2.19. The highest BCUT2D eigenvalue weighted by molar-refractivity contribution is 5.83. The summed E-state index contributed by atoms with van der Waals surface area (Å²) >= 11 is 0. The van der Waals surface area contributed by atoms with E-state index in [0.29, 0.717) is 19.5 Å². The molecule has 0 aromatic carbocycles. The van der Waals surface area contributed by atoms with Crippen molar-refractivity contribution in [3.05, 3.63) is 30.1 Å². The third kappa shape index (κ3) is 3.11. The van der Waals surface area contributed by atoms with Gasteiger partial charge in [-0.2, -0.15) is 0 Å². The minimum absolute atomic E-state index is 0.0853. The van der Waals surface area contributed by atoms with E-state index in [4.69, 9.17) is 5.73 Å². The zero-order valence-electron chi connectivity index (χ0n) is 11.6. The first-order valence-corrected chi connectivity index (χ1v) is 6.73. The SMILES string of the molecule is CC1CN(C)C(CCN)C(=O)N1Cc1cccnc1. The maximum absolute atomic E-state index is 12.5. The number of amides is 1. The monoisotopic (exact) mass is 262 g/mol. The molecule has 2 heterocycles. The molecule has 2 N–H and O–H groups in total. The predicted molar refractivity (Wildman–Crippen MR) is 74.3 cm³/mol. The number of carbonyl (C=O) groups is 1. The standard InChI is InChI=1S/C14H22N4O/c1-11-9-17(2)13(5-6-15)14(19)18(11)10-12-4-3-7-16-8-12/h3-4,7-8,11,13H,5-6,9-10,15H2,1-2H3. The number of hydrogen-bond donors (Lipinski definition) is 1. The van der Waals surface area contributed by atoms with Gasteiger partial charge in [-0.3, -0.25) is 14.7 Å². The molecule has 1 fully saturated rings. The zero-order valence-corrected chi connectivity index (χ0v) is 11.6. The van der Waals surface area contributed by atoms with E-state index in [1.54, 1.807) is 6.20 Å². The molecule has 2 unspecified atom stereocenters. The van der Waals surface area contributed by atoms with Crippen LogP contribution in [0.5, 0.6) is 0 Å². The Kier molecular flexibility index (Phi) is 4.50. The van der Waals surface area contributed by atoms with Gasteiger partial charge in [0.05, 0.1) is 6.04 Å². The third-order valence-corrected chi connectivity index (χ3v) is 3.70. The average molecular weight is 262 g/mol. The lowest BCUT2D eigenvalue weighted by Crippen LogP contribution is -2.59. The van der Waals surface area contributed by atoms with Gasteiger partial charge in [0.1, 0.15) is 0 Å². The molecular weight excluding hydrogens is 240 g/mol. The number of hydrogen-bond acceptors (Lipinski definition) is 4. The van der Waals surface area contributed by atoms with E-state index in [0.717, 1.165) is 12.1 Å². The smallest absolute Gasteiger partial charge is 0.240 e. The van der Waals surface area contributed by atoms with E-state index >= 15 is 0 Å². The molecule has 2 rings (SSSR count). The Hall–Kier alpha value is -1.46. The minimum atomic E-state index is -0.0853. The van der Waals surface area contributed by atoms with Gasteiger partial charge in [-0.25, -0.2) is 0 Å². The van der Waals surface area contributed by atoms with E-state index < -0.39 is 0 Å². The molecule has 1 aromatic heterocycles. The number of rotatable bonds is 4. The number of nitrogens with two attached hydrogens (primary N) is 1. The Morgan fingerprint density at radius 3 is 2.95 bits per heavy atom. The summed E-state index contributed by atoms with van der Waals surface area (Å²) in [6.07, 6.45) is 4.28. The average Bonchev–Trinajstić information content (AvgIpc) is 2.41. The fraction of sp³-hybridized carbons (Fsp3) is 0.571. The Morgan fingerprint density at radius 1 is 1.53 bits per heavy atom. The number of aromatic nitrogens is 1. The van der Waals surface area contributed by atoms with Gasteiger partial charge in [-0.1, -0.05) is 6.07 Å². The Bertz CT molecular complexity index is 423. The molecule has 1 amide bonds. The van der Waals surface area contributed by atoms with Crippen LogP contribution in [0.2, 0.25) is 0 Å². The van der Waals surface area contributed by atoms with Crippen LogP contribution in [0.15, 0.2) is 24.5 Å². The van der Waals surface area contributed by atoms with Gasteiger partial charge >= 0.3 is 0 Å². The third-order valence-electron chi connectivity index (χ3n) is 3.70. The van der Waals surface area contributed by atoms with E-state index in [9.17, 15) is 4.79 Å². The van der Waals surface area contributed by atoms with Gasteiger partial charge in [-0.15, -0.1) is 0 Å². The van der Waals surface area contributed by atoms with Crippen molar-refractivity contribution in [1.29, 1.82) is 0 Å². The van der Waals surface area contributed by atoms with Crippen LogP contribution in [-0.2, 0) is 11.3 Å². The van der Waals surface area contributed by atoms with Gasteiger partial charge in [0.2, 0.25) is 5.91 Å². The second kappa shape index (κ2) is 6.12. The summed E-state index contributed by atoms with van der Waals surface area (Å²) in [5, 5.41) is 0. The molecule has 0 radical (unpaired) electrons. The van der Waals surface area contributed by atoms with Crippen molar-refractivity contribution >= 4 is 5.91 Å². The summed E-state index contributed by atoms with van der Waals surface area (Å²) in [6.45, 7) is 4.14. The highest BCUT2D eigenvalue weighted by atomic mass is 16.2. The summed E-state index contributed by atoms with van der Waals surface area (Å²) in [6, 6.07) is 4.03. The number of likely N-dealkylation sites (N-methyl/N-ethyl adjacent to an activating group) is 1. The first kappa shape index (κ1) is 14.0. The first-order chi connectivity index (χ1) is 9.13. The minimum Gasteiger partial charge on any atom is -0.333 e. The van der Waals surface area contributed by atoms with Crippen LogP contribution in [-0.4, -0.2) is 52.9 Å². The molecule has 1 aliphatic rings. The lowest BCUT2D eigenvalue weighted by atomic mass is 10.0. The number of nitrogens with zero attached hydrogens (tertiary/aromatic N) is 3. The number of piperazine rings is 1. The zero-order chi connectivity index (χ0) is 13.8. The highest BCUT2D eigenvalue weighted by Gasteiger charge is 2.35. The predicted octanol–water partition coefficient (Wildman–Crippen LogP) is 0.462. The molecule has 5 nitrogen and oxygen atoms in total. The largest absolute Gasteiger partial charge is 0.333 e. The maximum atomic E-state index is 12.5. The molecule has 0 aliphatic carbocycles. The van der Waals surface area contributed by atoms with Crippen molar-refractivity contribution in [2.75, 3.05) is 20.1 Å². The molecule has 0 saturated carbocycles. The van der Waals surface area contributed by atoms with Crippen molar-refractivity contribution < 1.29 is 4.79 Å². The summed E-state index contributed by atoms with van der Waals surface area (Å²) in [4.78, 5) is 20.7. The van der Waals surface area contributed by atoms with Crippen LogP contribution in [0.25, 0.3) is 0 Å². The molecule has 0 spiro atoms. The van der Waals surface area contributed by atoms with E-state index in [1.165, 1.54) is 0 Å². The molecule has 1 aliphatic heterocycles. The number of carbonyl (C=O) groups excluding carboxylic acids is 1. The van der Waals surface area contributed by atoms with E-state index in [-0.39, 0.29) is 18.0 Å². The van der Waals surface area contributed by atoms with Crippen molar-refractivity contribution in [1.82, 2.24) is 14.8 Å². The second-order valence-electron chi connectivity index (χ2n) is 5.21. The van der Waals surface area contributed by atoms with E-state index in [1.807, 2.05) is 30.3 Å². The Balaban J connectivity index is 2.12. The van der Waals surface area contributed by atoms with Crippen LogP contribution >= 0.6 is 0 Å². The van der Waals surface area contributed by atoms with E-state index in [2.05, 4.69) is 16.8 Å². The molecule has 5 heteroatoms. The molecule has 0 bridgehead atoms. The lowest BCUT2D eigenvalue weighted by molar-refractivity contribution is -0.145. The summed E-state index contributed by atoms with van der Waals surface area (Å²) < 4.78 is 0. The Labute approximate surface area is 114 Å². The number of pyridine rings is 1. The topological polar surface area (TPSA) is 62.5 Å². The summed E-state index contributed by atoms with van der Waals surface area (Å²) in [5.74, 6) is 0.176. The van der Waals surface area contributed by atoms with Crippen molar-refractivity contribution in [2.45, 2.75) is 32.0 Å². The molecular formula is C14H22N4O. The molecule has 104 valence electrons. The van der Waals surface area contributed by atoms with Crippen LogP contribution in [0, 0.1) is 0 Å². The van der Waals surface area contributed by atoms with Gasteiger partial charge < -0.3 is 10.6 Å². The fourth-order valence-corrected chi connectivity index (χ4v) is 2.66. The quantitative estimate of drug-likeness (QED) is 0.856. The van der Waals surface area contributed by atoms with Gasteiger partial charge in [0, 0.05) is 31.5 Å². The van der Waals surface area contributed by atoms with Crippen molar-refractivity contribution in [3.8, 4) is 0 Å². The van der Waals surface area contributed by atoms with Crippen LogP contribution in [0.1, 0.15) is 18.9 Å². The fourth-order valence-electron chi connectivity index (χ4n) is 2.66. The summed E-state index contributed by atoms with van der Waals surface area (Å²) in [7, 11) is 2.00. The van der Waals surface area contributed by atoms with Gasteiger partial charge in [-0.05, 0) is 38.6 Å². The molecule has 1 saturated heterocycles. The normalized spacial score (nSPS) is 24.8. The maximum Gasteiger partial charge on any atom is 0.240 e. The summed E-state index contributed by atoms with van der Waals surface area (Å²) in [5.41, 5.74) is 6.68. The van der Waals surface area contributed by atoms with Crippen LogP contribution < -0.4 is 5.73 Å².